The Balaban J connectivity index is 2.57. The summed E-state index contributed by atoms with van der Waals surface area (Å²) in [5.74, 6) is 0. The molecule has 0 saturated carbocycles. The molecule has 20 heavy (non-hydrogen) atoms. The van der Waals surface area contributed by atoms with Crippen molar-refractivity contribution >= 4 is 5.69 Å². The highest BCUT2D eigenvalue weighted by molar-refractivity contribution is 5.47. The molecule has 0 saturated heterocycles. The number of nitrogens with zero attached hydrogens (tertiary/aromatic N) is 2. The fourth-order valence-corrected chi connectivity index (χ4v) is 1.84. The second-order valence-electron chi connectivity index (χ2n) is 4.51. The summed E-state index contributed by atoms with van der Waals surface area (Å²) in [5, 5.41) is 13.7. The number of nitro groups is 1. The Labute approximate surface area is 114 Å². The molecule has 1 aromatic heterocycles. The largest absolute Gasteiger partial charge is 0.389 e. The van der Waals surface area contributed by atoms with E-state index in [1.807, 2.05) is 0 Å². The zero-order valence-corrected chi connectivity index (χ0v) is 11.3. The zero-order chi connectivity index (χ0) is 15.3. The molecule has 0 bridgehead atoms. The van der Waals surface area contributed by atoms with Crippen LogP contribution in [0, 0.1) is 24.0 Å². The molecule has 0 aliphatic heterocycles. The quantitative estimate of drug-likeness (QED) is 0.497. The lowest BCUT2D eigenvalue weighted by Crippen LogP contribution is -2.19. The molecule has 0 aliphatic rings. The van der Waals surface area contributed by atoms with Gasteiger partial charge in [0.15, 0.2) is 0 Å². The summed E-state index contributed by atoms with van der Waals surface area (Å²) in [6.07, 6.45) is -3.63. The van der Waals surface area contributed by atoms with Crippen LogP contribution in [0.2, 0.25) is 0 Å². The first-order valence-electron chi connectivity index (χ1n) is 6.09. The molecule has 1 heterocycles. The van der Waals surface area contributed by atoms with Crippen LogP contribution >= 0.6 is 0 Å². The van der Waals surface area contributed by atoms with Gasteiger partial charge in [-0.05, 0) is 26.8 Å². The first-order valence-corrected chi connectivity index (χ1v) is 6.09. The van der Waals surface area contributed by atoms with Crippen LogP contribution < -0.4 is 5.32 Å². The Kier molecular flexibility index (Phi) is 5.43. The van der Waals surface area contributed by atoms with Gasteiger partial charge in [-0.3, -0.25) is 15.1 Å². The van der Waals surface area contributed by atoms with Gasteiger partial charge in [0.2, 0.25) is 0 Å². The SMILES string of the molecule is Cc1cnc(CNCCCC(F)(F)F)c(C)c1[N+](=O)[O-]. The van der Waals surface area contributed by atoms with Crippen LogP contribution in [0.5, 0.6) is 0 Å². The van der Waals surface area contributed by atoms with Gasteiger partial charge in [-0.25, -0.2) is 0 Å². The summed E-state index contributed by atoms with van der Waals surface area (Å²) in [6.45, 7) is 3.58. The number of halogens is 3. The van der Waals surface area contributed by atoms with Crippen LogP contribution in [0.4, 0.5) is 18.9 Å². The summed E-state index contributed by atoms with van der Waals surface area (Å²) >= 11 is 0. The number of hydrogen-bond donors (Lipinski definition) is 1. The molecule has 0 aromatic carbocycles. The molecule has 0 radical (unpaired) electrons. The summed E-state index contributed by atoms with van der Waals surface area (Å²) in [7, 11) is 0. The number of aryl methyl sites for hydroxylation is 1. The van der Waals surface area contributed by atoms with E-state index in [0.29, 0.717) is 16.8 Å². The highest BCUT2D eigenvalue weighted by Gasteiger charge is 2.25. The van der Waals surface area contributed by atoms with Gasteiger partial charge in [-0.2, -0.15) is 13.2 Å². The average molecular weight is 291 g/mol. The summed E-state index contributed by atoms with van der Waals surface area (Å²) in [4.78, 5) is 14.5. The Morgan fingerprint density at radius 2 is 2.05 bits per heavy atom. The smallest absolute Gasteiger partial charge is 0.311 e. The Morgan fingerprint density at radius 1 is 1.40 bits per heavy atom. The van der Waals surface area contributed by atoms with Gasteiger partial charge in [-0.1, -0.05) is 0 Å². The van der Waals surface area contributed by atoms with Gasteiger partial charge in [-0.15, -0.1) is 0 Å². The molecule has 0 aliphatic carbocycles. The number of aromatic nitrogens is 1. The molecular formula is C12H16F3N3O2. The van der Waals surface area contributed by atoms with Gasteiger partial charge < -0.3 is 5.32 Å². The van der Waals surface area contributed by atoms with E-state index in [1.165, 1.54) is 6.20 Å². The van der Waals surface area contributed by atoms with Crippen LogP contribution in [0.25, 0.3) is 0 Å². The fourth-order valence-electron chi connectivity index (χ4n) is 1.84. The van der Waals surface area contributed by atoms with Crippen LogP contribution in [-0.2, 0) is 6.54 Å². The maximum atomic E-state index is 11.9. The molecule has 1 N–H and O–H groups in total. The number of nitrogens with one attached hydrogen (secondary N) is 1. The Bertz CT molecular complexity index is 490. The third-order valence-corrected chi connectivity index (χ3v) is 2.86. The normalized spacial score (nSPS) is 11.7. The predicted octanol–water partition coefficient (Wildman–Crippen LogP) is 3.04. The van der Waals surface area contributed by atoms with Gasteiger partial charge in [0.05, 0.1) is 10.6 Å². The second-order valence-corrected chi connectivity index (χ2v) is 4.51. The number of alkyl halides is 3. The number of pyridine rings is 1. The molecule has 0 fully saturated rings. The molecule has 5 nitrogen and oxygen atoms in total. The van der Waals surface area contributed by atoms with E-state index in [2.05, 4.69) is 10.3 Å². The lowest BCUT2D eigenvalue weighted by molar-refractivity contribution is -0.386. The van der Waals surface area contributed by atoms with Crippen molar-refractivity contribution in [2.45, 2.75) is 39.4 Å². The third kappa shape index (κ3) is 4.76. The third-order valence-electron chi connectivity index (χ3n) is 2.86. The lowest BCUT2D eigenvalue weighted by Gasteiger charge is -2.09. The Morgan fingerprint density at radius 3 is 2.60 bits per heavy atom. The maximum absolute atomic E-state index is 11.9. The van der Waals surface area contributed by atoms with E-state index in [9.17, 15) is 23.3 Å². The van der Waals surface area contributed by atoms with E-state index in [1.54, 1.807) is 13.8 Å². The van der Waals surface area contributed by atoms with Crippen molar-refractivity contribution in [2.75, 3.05) is 6.54 Å². The van der Waals surface area contributed by atoms with Crippen molar-refractivity contribution in [3.8, 4) is 0 Å². The van der Waals surface area contributed by atoms with Crippen LogP contribution in [-0.4, -0.2) is 22.6 Å². The van der Waals surface area contributed by atoms with E-state index in [-0.39, 0.29) is 25.2 Å². The molecule has 1 rings (SSSR count). The summed E-state index contributed by atoms with van der Waals surface area (Å²) in [5.41, 5.74) is 1.40. The second kappa shape index (κ2) is 6.65. The summed E-state index contributed by atoms with van der Waals surface area (Å²) in [6, 6.07) is 0. The molecule has 0 spiro atoms. The maximum Gasteiger partial charge on any atom is 0.389 e. The lowest BCUT2D eigenvalue weighted by atomic mass is 10.1. The van der Waals surface area contributed by atoms with Crippen molar-refractivity contribution in [1.82, 2.24) is 10.3 Å². The molecule has 112 valence electrons. The molecule has 8 heteroatoms. The first-order chi connectivity index (χ1) is 9.22. The van der Waals surface area contributed by atoms with Gasteiger partial charge >= 0.3 is 6.18 Å². The van der Waals surface area contributed by atoms with Crippen LogP contribution in [0.15, 0.2) is 6.20 Å². The number of hydrogen-bond acceptors (Lipinski definition) is 4. The van der Waals surface area contributed by atoms with Crippen LogP contribution in [0.3, 0.4) is 0 Å². The van der Waals surface area contributed by atoms with E-state index in [0.717, 1.165) is 0 Å². The predicted molar refractivity (Wildman–Crippen MR) is 67.4 cm³/mol. The minimum Gasteiger partial charge on any atom is -0.311 e. The van der Waals surface area contributed by atoms with Gasteiger partial charge in [0, 0.05) is 30.3 Å². The molecule has 1 aromatic rings. The molecular weight excluding hydrogens is 275 g/mol. The molecule has 0 unspecified atom stereocenters. The van der Waals surface area contributed by atoms with Gasteiger partial charge in [0.25, 0.3) is 5.69 Å². The highest BCUT2D eigenvalue weighted by Crippen LogP contribution is 2.24. The Hall–Kier alpha value is -1.70. The van der Waals surface area contributed by atoms with Crippen molar-refractivity contribution in [3.05, 3.63) is 33.1 Å². The summed E-state index contributed by atoms with van der Waals surface area (Å²) < 4.78 is 35.8. The fraction of sp³-hybridized carbons (Fsp3) is 0.583. The van der Waals surface area contributed by atoms with Crippen molar-refractivity contribution < 1.29 is 18.1 Å². The van der Waals surface area contributed by atoms with E-state index < -0.39 is 17.5 Å². The topological polar surface area (TPSA) is 68.1 Å². The first kappa shape index (κ1) is 16.4. The van der Waals surface area contributed by atoms with E-state index >= 15 is 0 Å². The molecule has 0 atom stereocenters. The zero-order valence-electron chi connectivity index (χ0n) is 11.3. The van der Waals surface area contributed by atoms with Crippen LogP contribution in [0.1, 0.15) is 29.7 Å². The van der Waals surface area contributed by atoms with Gasteiger partial charge in [0.1, 0.15) is 0 Å². The van der Waals surface area contributed by atoms with Crippen molar-refractivity contribution in [3.63, 3.8) is 0 Å². The highest BCUT2D eigenvalue weighted by atomic mass is 19.4. The standard InChI is InChI=1S/C12H16F3N3O2/c1-8-6-17-10(9(2)11(8)18(19)20)7-16-5-3-4-12(13,14)15/h6,16H,3-5,7H2,1-2H3. The van der Waals surface area contributed by atoms with E-state index in [4.69, 9.17) is 0 Å². The minimum atomic E-state index is -4.15. The van der Waals surface area contributed by atoms with Crippen molar-refractivity contribution in [2.24, 2.45) is 0 Å². The molecule has 0 amide bonds. The number of rotatable bonds is 6. The monoisotopic (exact) mass is 291 g/mol. The minimum absolute atomic E-state index is 0.00657. The average Bonchev–Trinajstić information content (AvgIpc) is 2.29. The van der Waals surface area contributed by atoms with Crippen molar-refractivity contribution in [1.29, 1.82) is 0 Å².